The molecule has 1 aliphatic rings. The molecular formula is C16H26N2O4S. The van der Waals surface area contributed by atoms with Gasteiger partial charge in [-0.05, 0) is 39.0 Å². The van der Waals surface area contributed by atoms with Crippen LogP contribution in [0.15, 0.2) is 4.52 Å². The number of nitrogens with zero attached hydrogens (tertiary/aromatic N) is 2. The third-order valence-corrected chi connectivity index (χ3v) is 6.56. The van der Waals surface area contributed by atoms with Crippen molar-refractivity contribution in [1.29, 1.82) is 0 Å². The van der Waals surface area contributed by atoms with Gasteiger partial charge in [-0.25, -0.2) is 8.42 Å². The van der Waals surface area contributed by atoms with Crippen LogP contribution < -0.4 is 0 Å². The van der Waals surface area contributed by atoms with Gasteiger partial charge < -0.3 is 9.42 Å². The lowest BCUT2D eigenvalue weighted by Gasteiger charge is -2.36. The molecule has 0 N–H and O–H groups in total. The molecule has 130 valence electrons. The molecule has 0 aromatic carbocycles. The summed E-state index contributed by atoms with van der Waals surface area (Å²) in [6.45, 7) is 10.3. The van der Waals surface area contributed by atoms with Gasteiger partial charge in [0.15, 0.2) is 9.84 Å². The van der Waals surface area contributed by atoms with Crippen molar-refractivity contribution in [2.75, 3.05) is 13.1 Å². The topological polar surface area (TPSA) is 80.5 Å². The molecule has 1 amide bonds. The van der Waals surface area contributed by atoms with E-state index in [1.807, 2.05) is 0 Å². The molecule has 0 bridgehead atoms. The average molecular weight is 342 g/mol. The lowest BCUT2D eigenvalue weighted by atomic mass is 9.92. The van der Waals surface area contributed by atoms with Crippen molar-refractivity contribution in [2.45, 2.75) is 52.0 Å². The summed E-state index contributed by atoms with van der Waals surface area (Å²) in [5.41, 5.74) is 1.12. The Morgan fingerprint density at radius 1 is 1.30 bits per heavy atom. The van der Waals surface area contributed by atoms with Gasteiger partial charge in [-0.1, -0.05) is 19.0 Å². The number of aryl methyl sites for hydroxylation is 2. The summed E-state index contributed by atoms with van der Waals surface area (Å²) in [5.74, 6) is 0.793. The van der Waals surface area contributed by atoms with Crippen LogP contribution in [0, 0.1) is 25.7 Å². The highest BCUT2D eigenvalue weighted by atomic mass is 32.2. The zero-order valence-electron chi connectivity index (χ0n) is 14.5. The molecule has 1 saturated heterocycles. The highest BCUT2D eigenvalue weighted by Crippen LogP contribution is 2.24. The molecule has 0 saturated carbocycles. The van der Waals surface area contributed by atoms with Gasteiger partial charge in [0.05, 0.1) is 11.4 Å². The van der Waals surface area contributed by atoms with Crippen LogP contribution in [0.25, 0.3) is 0 Å². The Bertz CT molecular complexity index is 651. The van der Waals surface area contributed by atoms with Gasteiger partial charge in [0.2, 0.25) is 5.91 Å². The Morgan fingerprint density at radius 2 is 1.87 bits per heavy atom. The molecule has 1 aromatic heterocycles. The van der Waals surface area contributed by atoms with Crippen LogP contribution >= 0.6 is 0 Å². The number of piperidine rings is 1. The predicted octanol–water partition coefficient (Wildman–Crippen LogP) is 2.10. The fourth-order valence-electron chi connectivity index (χ4n) is 3.29. The van der Waals surface area contributed by atoms with Crippen LogP contribution in [0.1, 0.15) is 44.2 Å². The Morgan fingerprint density at radius 3 is 2.35 bits per heavy atom. The molecule has 7 heteroatoms. The molecule has 1 fully saturated rings. The molecule has 2 rings (SSSR count). The molecule has 6 nitrogen and oxygen atoms in total. The number of rotatable bonds is 4. The summed E-state index contributed by atoms with van der Waals surface area (Å²) < 4.78 is 30.3. The van der Waals surface area contributed by atoms with Crippen LogP contribution in [0.2, 0.25) is 0 Å². The molecule has 1 aromatic rings. The van der Waals surface area contributed by atoms with E-state index in [9.17, 15) is 13.2 Å². The second kappa shape index (κ2) is 6.63. The number of likely N-dealkylation sites (tertiary alicyclic amines) is 1. The Labute approximate surface area is 138 Å². The Kier molecular flexibility index (Phi) is 5.18. The van der Waals surface area contributed by atoms with Crippen molar-refractivity contribution in [2.24, 2.45) is 11.8 Å². The maximum Gasteiger partial charge on any atom is 0.240 e. The van der Waals surface area contributed by atoms with Crippen molar-refractivity contribution in [3.05, 3.63) is 17.0 Å². The van der Waals surface area contributed by atoms with Crippen LogP contribution in [-0.4, -0.2) is 42.7 Å². The zero-order chi connectivity index (χ0) is 17.4. The van der Waals surface area contributed by atoms with Crippen molar-refractivity contribution >= 4 is 15.7 Å². The van der Waals surface area contributed by atoms with Gasteiger partial charge in [-0.2, -0.15) is 0 Å². The maximum atomic E-state index is 12.6. The molecule has 1 aliphatic heterocycles. The zero-order valence-corrected chi connectivity index (χ0v) is 15.3. The summed E-state index contributed by atoms with van der Waals surface area (Å²) in [7, 11) is -3.60. The SMILES string of the molecule is Cc1noc(C)c1CS(=O)(=O)[C@H](C)C(=O)N1C[C@H](C)C[C@@H](C)C1. The predicted molar refractivity (Wildman–Crippen MR) is 87.6 cm³/mol. The third-order valence-electron chi connectivity index (χ3n) is 4.59. The Balaban J connectivity index is 2.14. The number of carbonyl (C=O) groups excluding carboxylic acids is 1. The summed E-state index contributed by atoms with van der Waals surface area (Å²) in [6.07, 6.45) is 1.07. The van der Waals surface area contributed by atoms with E-state index < -0.39 is 15.1 Å². The van der Waals surface area contributed by atoms with E-state index in [4.69, 9.17) is 4.52 Å². The van der Waals surface area contributed by atoms with Gasteiger partial charge in [-0.15, -0.1) is 0 Å². The number of sulfone groups is 1. The van der Waals surface area contributed by atoms with Crippen molar-refractivity contribution < 1.29 is 17.7 Å². The van der Waals surface area contributed by atoms with E-state index in [1.165, 1.54) is 6.92 Å². The minimum atomic E-state index is -3.60. The third kappa shape index (κ3) is 3.94. The number of aromatic nitrogens is 1. The standard InChI is InChI=1S/C16H26N2O4S/c1-10-6-11(2)8-18(7-10)16(19)14(5)23(20,21)9-15-12(3)17-22-13(15)4/h10-11,14H,6-9H2,1-5H3/t10-,11-,14-/m1/s1. The monoisotopic (exact) mass is 342 g/mol. The van der Waals surface area contributed by atoms with Gasteiger partial charge in [-0.3, -0.25) is 4.79 Å². The van der Waals surface area contributed by atoms with Crippen molar-refractivity contribution in [3.8, 4) is 0 Å². The molecule has 0 spiro atoms. The fraction of sp³-hybridized carbons (Fsp3) is 0.750. The molecule has 0 radical (unpaired) electrons. The molecule has 2 heterocycles. The summed E-state index contributed by atoms with van der Waals surface area (Å²) in [6, 6.07) is 0. The quantitative estimate of drug-likeness (QED) is 0.837. The first-order valence-electron chi connectivity index (χ1n) is 8.04. The number of carbonyl (C=O) groups is 1. The lowest BCUT2D eigenvalue weighted by molar-refractivity contribution is -0.133. The van der Waals surface area contributed by atoms with E-state index >= 15 is 0 Å². The number of amides is 1. The van der Waals surface area contributed by atoms with E-state index in [2.05, 4.69) is 19.0 Å². The maximum absolute atomic E-state index is 12.6. The van der Waals surface area contributed by atoms with Gasteiger partial charge >= 0.3 is 0 Å². The van der Waals surface area contributed by atoms with E-state index in [0.29, 0.717) is 41.9 Å². The van der Waals surface area contributed by atoms with Gasteiger partial charge in [0.25, 0.3) is 0 Å². The van der Waals surface area contributed by atoms with Crippen molar-refractivity contribution in [1.82, 2.24) is 10.1 Å². The molecule has 0 unspecified atom stereocenters. The average Bonchev–Trinajstić information content (AvgIpc) is 2.76. The second-order valence-corrected chi connectivity index (χ2v) is 9.26. The molecule has 23 heavy (non-hydrogen) atoms. The summed E-state index contributed by atoms with van der Waals surface area (Å²) in [4.78, 5) is 14.3. The van der Waals surface area contributed by atoms with E-state index in [1.54, 1.807) is 18.7 Å². The molecular weight excluding hydrogens is 316 g/mol. The van der Waals surface area contributed by atoms with Gasteiger partial charge in [0.1, 0.15) is 11.0 Å². The Hall–Kier alpha value is -1.37. The van der Waals surface area contributed by atoms with Gasteiger partial charge in [0, 0.05) is 18.7 Å². The molecule has 0 aliphatic carbocycles. The summed E-state index contributed by atoms with van der Waals surface area (Å²) >= 11 is 0. The minimum Gasteiger partial charge on any atom is -0.361 e. The van der Waals surface area contributed by atoms with Crippen LogP contribution in [0.5, 0.6) is 0 Å². The van der Waals surface area contributed by atoms with E-state index in [-0.39, 0.29) is 11.7 Å². The fourth-order valence-corrected chi connectivity index (χ4v) is 4.81. The van der Waals surface area contributed by atoms with Crippen LogP contribution in [0.3, 0.4) is 0 Å². The van der Waals surface area contributed by atoms with Crippen molar-refractivity contribution in [3.63, 3.8) is 0 Å². The summed E-state index contributed by atoms with van der Waals surface area (Å²) in [5, 5.41) is 2.73. The first-order chi connectivity index (χ1) is 10.6. The van der Waals surface area contributed by atoms with Crippen LogP contribution in [0.4, 0.5) is 0 Å². The molecule has 3 atom stereocenters. The first-order valence-corrected chi connectivity index (χ1v) is 9.75. The normalized spacial score (nSPS) is 23.8. The smallest absolute Gasteiger partial charge is 0.240 e. The lowest BCUT2D eigenvalue weighted by Crippen LogP contribution is -2.48. The highest BCUT2D eigenvalue weighted by Gasteiger charge is 2.35. The number of hydrogen-bond acceptors (Lipinski definition) is 5. The van der Waals surface area contributed by atoms with Crippen LogP contribution in [-0.2, 0) is 20.4 Å². The largest absolute Gasteiger partial charge is 0.361 e. The number of hydrogen-bond donors (Lipinski definition) is 0. The second-order valence-electron chi connectivity index (χ2n) is 6.94. The first kappa shape index (κ1) is 18.0. The highest BCUT2D eigenvalue weighted by molar-refractivity contribution is 7.92. The van der Waals surface area contributed by atoms with E-state index in [0.717, 1.165) is 6.42 Å². The minimum absolute atomic E-state index is 0.208.